The molecule has 0 radical (unpaired) electrons. The smallest absolute Gasteiger partial charge is 0.313 e. The number of carbonyl (C=O) groups excluding carboxylic acids is 2. The Morgan fingerprint density at radius 1 is 1.18 bits per heavy atom. The second-order valence-electron chi connectivity index (χ2n) is 5.79. The molecule has 0 unspecified atom stereocenters. The minimum absolute atomic E-state index is 0.117. The molecule has 1 aliphatic carbocycles. The zero-order chi connectivity index (χ0) is 15.9. The fourth-order valence-electron chi connectivity index (χ4n) is 2.85. The Balaban J connectivity index is 1.83. The third-order valence-corrected chi connectivity index (χ3v) is 4.29. The number of anilines is 1. The molecular weight excluding hydrogens is 280 g/mol. The number of hydrogen-bond donors (Lipinski definition) is 2. The highest BCUT2D eigenvalue weighted by Crippen LogP contribution is 2.26. The van der Waals surface area contributed by atoms with Crippen molar-refractivity contribution in [1.29, 1.82) is 0 Å². The molecule has 0 spiro atoms. The number of carbonyl (C=O) groups is 2. The summed E-state index contributed by atoms with van der Waals surface area (Å²) in [4.78, 5) is 23.9. The van der Waals surface area contributed by atoms with Gasteiger partial charge in [-0.05, 0) is 43.7 Å². The van der Waals surface area contributed by atoms with Gasteiger partial charge in [-0.1, -0.05) is 19.4 Å². The molecule has 1 saturated carbocycles. The van der Waals surface area contributed by atoms with Crippen molar-refractivity contribution in [3.63, 3.8) is 0 Å². The van der Waals surface area contributed by atoms with E-state index in [4.69, 9.17) is 4.74 Å². The van der Waals surface area contributed by atoms with Crippen molar-refractivity contribution in [3.05, 3.63) is 24.3 Å². The van der Waals surface area contributed by atoms with Gasteiger partial charge in [0.15, 0.2) is 0 Å². The van der Waals surface area contributed by atoms with Gasteiger partial charge in [-0.3, -0.25) is 9.59 Å². The lowest BCUT2D eigenvalue weighted by molar-refractivity contribution is -0.136. The minimum Gasteiger partial charge on any atom is -0.497 e. The third kappa shape index (κ3) is 4.48. The third-order valence-electron chi connectivity index (χ3n) is 4.29. The van der Waals surface area contributed by atoms with Crippen LogP contribution in [-0.4, -0.2) is 25.0 Å². The van der Waals surface area contributed by atoms with Gasteiger partial charge in [-0.2, -0.15) is 0 Å². The van der Waals surface area contributed by atoms with Crippen LogP contribution < -0.4 is 15.4 Å². The molecule has 0 atom stereocenters. The van der Waals surface area contributed by atoms with Gasteiger partial charge in [0.1, 0.15) is 5.75 Å². The first kappa shape index (κ1) is 16.3. The second-order valence-corrected chi connectivity index (χ2v) is 5.79. The lowest BCUT2D eigenvalue weighted by Crippen LogP contribution is -2.43. The predicted molar refractivity (Wildman–Crippen MR) is 85.8 cm³/mol. The van der Waals surface area contributed by atoms with Crippen LogP contribution in [0.4, 0.5) is 5.69 Å². The quantitative estimate of drug-likeness (QED) is 0.840. The van der Waals surface area contributed by atoms with Gasteiger partial charge in [0, 0.05) is 17.8 Å². The molecule has 0 aromatic heterocycles. The average molecular weight is 304 g/mol. The van der Waals surface area contributed by atoms with Crippen LogP contribution in [0, 0.1) is 5.92 Å². The first-order chi connectivity index (χ1) is 10.6. The second kappa shape index (κ2) is 7.82. The maximum absolute atomic E-state index is 12.0. The molecule has 1 aromatic carbocycles. The van der Waals surface area contributed by atoms with Crippen LogP contribution in [0.5, 0.6) is 5.75 Å². The van der Waals surface area contributed by atoms with Crippen molar-refractivity contribution in [1.82, 2.24) is 5.32 Å². The maximum atomic E-state index is 12.0. The molecule has 0 aliphatic heterocycles. The molecule has 2 amide bonds. The number of ether oxygens (including phenoxy) is 1. The van der Waals surface area contributed by atoms with E-state index in [1.165, 1.54) is 6.42 Å². The van der Waals surface area contributed by atoms with E-state index < -0.39 is 11.8 Å². The minimum atomic E-state index is -0.633. The molecule has 120 valence electrons. The predicted octanol–water partition coefficient (Wildman–Crippen LogP) is 2.72. The van der Waals surface area contributed by atoms with Crippen molar-refractivity contribution in [2.24, 2.45) is 5.92 Å². The molecule has 0 saturated heterocycles. The Labute approximate surface area is 131 Å². The molecule has 5 nitrogen and oxygen atoms in total. The van der Waals surface area contributed by atoms with Crippen LogP contribution in [0.1, 0.15) is 39.0 Å². The van der Waals surface area contributed by atoms with E-state index in [1.54, 1.807) is 31.4 Å². The number of benzene rings is 1. The molecule has 2 rings (SSSR count). The summed E-state index contributed by atoms with van der Waals surface area (Å²) >= 11 is 0. The van der Waals surface area contributed by atoms with E-state index in [2.05, 4.69) is 17.6 Å². The van der Waals surface area contributed by atoms with Crippen LogP contribution in [0.3, 0.4) is 0 Å². The van der Waals surface area contributed by atoms with Crippen molar-refractivity contribution >= 4 is 17.5 Å². The van der Waals surface area contributed by atoms with E-state index in [1.807, 2.05) is 0 Å². The van der Waals surface area contributed by atoms with E-state index in [-0.39, 0.29) is 6.04 Å². The number of methoxy groups -OCH3 is 1. The Hall–Kier alpha value is -2.04. The van der Waals surface area contributed by atoms with Gasteiger partial charge < -0.3 is 15.4 Å². The Morgan fingerprint density at radius 2 is 1.91 bits per heavy atom. The fraction of sp³-hybridized carbons (Fsp3) is 0.529. The summed E-state index contributed by atoms with van der Waals surface area (Å²) in [7, 11) is 1.56. The van der Waals surface area contributed by atoms with Crippen molar-refractivity contribution in [3.8, 4) is 5.75 Å². The Morgan fingerprint density at radius 3 is 2.55 bits per heavy atom. The standard InChI is InChI=1S/C17H24N2O3/c1-3-12-7-9-13(10-8-12)18-16(20)17(21)19-14-5-4-6-15(11-14)22-2/h4-6,11-13H,3,7-10H2,1-2H3,(H,18,20)(H,19,21). The zero-order valence-electron chi connectivity index (χ0n) is 13.2. The van der Waals surface area contributed by atoms with Gasteiger partial charge in [0.2, 0.25) is 0 Å². The Bertz CT molecular complexity index is 522. The van der Waals surface area contributed by atoms with Crippen molar-refractivity contribution in [2.45, 2.75) is 45.1 Å². The largest absolute Gasteiger partial charge is 0.497 e. The molecular formula is C17H24N2O3. The van der Waals surface area contributed by atoms with E-state index in [0.29, 0.717) is 11.4 Å². The van der Waals surface area contributed by atoms with Gasteiger partial charge in [0.05, 0.1) is 7.11 Å². The van der Waals surface area contributed by atoms with Gasteiger partial charge in [-0.15, -0.1) is 0 Å². The van der Waals surface area contributed by atoms with Gasteiger partial charge in [-0.25, -0.2) is 0 Å². The van der Waals surface area contributed by atoms with Crippen LogP contribution >= 0.6 is 0 Å². The lowest BCUT2D eigenvalue weighted by Gasteiger charge is -2.28. The summed E-state index contributed by atoms with van der Waals surface area (Å²) in [6.45, 7) is 2.20. The summed E-state index contributed by atoms with van der Waals surface area (Å²) in [5.74, 6) is 0.198. The van der Waals surface area contributed by atoms with Crippen molar-refractivity contribution in [2.75, 3.05) is 12.4 Å². The van der Waals surface area contributed by atoms with Gasteiger partial charge >= 0.3 is 11.8 Å². The number of rotatable bonds is 4. The van der Waals surface area contributed by atoms with E-state index >= 15 is 0 Å². The summed E-state index contributed by atoms with van der Waals surface area (Å²) in [5.41, 5.74) is 0.550. The molecule has 1 aromatic rings. The average Bonchev–Trinajstić information content (AvgIpc) is 2.55. The van der Waals surface area contributed by atoms with Crippen LogP contribution in [0.15, 0.2) is 24.3 Å². The molecule has 0 bridgehead atoms. The summed E-state index contributed by atoms with van der Waals surface area (Å²) in [6.07, 6.45) is 5.35. The highest BCUT2D eigenvalue weighted by Gasteiger charge is 2.23. The molecule has 1 aliphatic rings. The topological polar surface area (TPSA) is 67.4 Å². The van der Waals surface area contributed by atoms with Crippen molar-refractivity contribution < 1.29 is 14.3 Å². The lowest BCUT2D eigenvalue weighted by atomic mass is 9.84. The Kier molecular flexibility index (Phi) is 5.81. The van der Waals surface area contributed by atoms with E-state index in [9.17, 15) is 9.59 Å². The summed E-state index contributed by atoms with van der Waals surface area (Å²) in [5, 5.41) is 5.42. The van der Waals surface area contributed by atoms with Gasteiger partial charge in [0.25, 0.3) is 0 Å². The highest BCUT2D eigenvalue weighted by molar-refractivity contribution is 6.39. The number of hydrogen-bond acceptors (Lipinski definition) is 3. The van der Waals surface area contributed by atoms with Crippen LogP contribution in [0.2, 0.25) is 0 Å². The number of amides is 2. The first-order valence-corrected chi connectivity index (χ1v) is 7.88. The normalized spacial score (nSPS) is 21.0. The zero-order valence-corrected chi connectivity index (χ0v) is 13.2. The molecule has 5 heteroatoms. The van der Waals surface area contributed by atoms with Crippen LogP contribution in [0.25, 0.3) is 0 Å². The first-order valence-electron chi connectivity index (χ1n) is 7.88. The maximum Gasteiger partial charge on any atom is 0.313 e. The SMILES string of the molecule is CCC1CCC(NC(=O)C(=O)Nc2cccc(OC)c2)CC1. The summed E-state index contributed by atoms with van der Waals surface area (Å²) < 4.78 is 5.09. The molecule has 2 N–H and O–H groups in total. The fourth-order valence-corrected chi connectivity index (χ4v) is 2.85. The highest BCUT2D eigenvalue weighted by atomic mass is 16.5. The van der Waals surface area contributed by atoms with E-state index in [0.717, 1.165) is 31.6 Å². The number of nitrogens with one attached hydrogen (secondary N) is 2. The molecule has 22 heavy (non-hydrogen) atoms. The molecule has 0 heterocycles. The summed E-state index contributed by atoms with van der Waals surface area (Å²) in [6, 6.07) is 7.06. The van der Waals surface area contributed by atoms with Crippen LogP contribution in [-0.2, 0) is 9.59 Å². The monoisotopic (exact) mass is 304 g/mol. The molecule has 1 fully saturated rings.